The zero-order valence-corrected chi connectivity index (χ0v) is 9.22. The number of aromatic nitrogens is 2. The van der Waals surface area contributed by atoms with Crippen LogP contribution in [0.4, 0.5) is 5.82 Å². The largest absolute Gasteiger partial charge is 0.481 e. The average molecular weight is 238 g/mol. The molecule has 7 nitrogen and oxygen atoms in total. The molecule has 1 rings (SSSR count). The van der Waals surface area contributed by atoms with Crippen molar-refractivity contribution in [2.24, 2.45) is 5.73 Å². The summed E-state index contributed by atoms with van der Waals surface area (Å²) >= 11 is 0. The second-order valence-electron chi connectivity index (χ2n) is 3.40. The van der Waals surface area contributed by atoms with Crippen LogP contribution in [-0.4, -0.2) is 33.5 Å². The van der Waals surface area contributed by atoms with Crippen molar-refractivity contribution in [1.29, 1.82) is 0 Å². The van der Waals surface area contributed by atoms with Gasteiger partial charge in [0.1, 0.15) is 0 Å². The van der Waals surface area contributed by atoms with Gasteiger partial charge in [-0.3, -0.25) is 9.59 Å². The summed E-state index contributed by atoms with van der Waals surface area (Å²) in [5.41, 5.74) is 5.21. The quantitative estimate of drug-likeness (QED) is 0.585. The van der Waals surface area contributed by atoms with E-state index in [9.17, 15) is 9.59 Å². The van der Waals surface area contributed by atoms with Gasteiger partial charge in [0.15, 0.2) is 11.5 Å². The predicted octanol–water partition coefficient (Wildman–Crippen LogP) is 0.242. The first-order chi connectivity index (χ1) is 8.11. The molecule has 0 saturated carbocycles. The number of nitrogens with zero attached hydrogens (tertiary/aromatic N) is 2. The van der Waals surface area contributed by atoms with Crippen molar-refractivity contribution < 1.29 is 14.7 Å². The van der Waals surface area contributed by atoms with Crippen molar-refractivity contribution in [2.45, 2.75) is 19.3 Å². The van der Waals surface area contributed by atoms with Crippen molar-refractivity contribution in [3.05, 3.63) is 18.1 Å². The zero-order chi connectivity index (χ0) is 12.7. The van der Waals surface area contributed by atoms with E-state index in [4.69, 9.17) is 10.8 Å². The predicted molar refractivity (Wildman–Crippen MR) is 60.5 cm³/mol. The number of aliphatic carboxylic acids is 1. The van der Waals surface area contributed by atoms with E-state index in [-0.39, 0.29) is 12.1 Å². The number of nitrogens with two attached hydrogens (primary N) is 1. The maximum absolute atomic E-state index is 11.0. The summed E-state index contributed by atoms with van der Waals surface area (Å²) in [5.74, 6) is -1.14. The van der Waals surface area contributed by atoms with Gasteiger partial charge in [-0.2, -0.15) is 0 Å². The van der Waals surface area contributed by atoms with E-state index >= 15 is 0 Å². The number of hydrogen-bond donors (Lipinski definition) is 3. The second kappa shape index (κ2) is 6.41. The number of carbonyl (C=O) groups is 2. The molecule has 1 amide bonds. The highest BCUT2D eigenvalue weighted by Crippen LogP contribution is 2.07. The van der Waals surface area contributed by atoms with E-state index in [1.165, 1.54) is 12.4 Å². The van der Waals surface area contributed by atoms with Crippen LogP contribution in [-0.2, 0) is 4.79 Å². The molecule has 1 heterocycles. The van der Waals surface area contributed by atoms with Gasteiger partial charge in [-0.15, -0.1) is 0 Å². The molecule has 0 saturated heterocycles. The molecular formula is C10H14N4O3. The third-order valence-electron chi connectivity index (χ3n) is 2.04. The second-order valence-corrected chi connectivity index (χ2v) is 3.40. The fourth-order valence-electron chi connectivity index (χ4n) is 1.26. The number of anilines is 1. The number of carbonyl (C=O) groups excluding carboxylic acids is 1. The van der Waals surface area contributed by atoms with E-state index in [2.05, 4.69) is 15.3 Å². The molecule has 0 unspecified atom stereocenters. The van der Waals surface area contributed by atoms with E-state index in [0.717, 1.165) is 0 Å². The molecule has 4 N–H and O–H groups in total. The summed E-state index contributed by atoms with van der Waals surface area (Å²) in [6.07, 6.45) is 4.20. The minimum absolute atomic E-state index is 0.0886. The van der Waals surface area contributed by atoms with Crippen molar-refractivity contribution in [1.82, 2.24) is 9.97 Å². The Morgan fingerprint density at radius 3 is 2.65 bits per heavy atom. The van der Waals surface area contributed by atoms with Crippen LogP contribution in [0, 0.1) is 0 Å². The lowest BCUT2D eigenvalue weighted by Gasteiger charge is -2.06. The molecular weight excluding hydrogens is 224 g/mol. The number of primary amides is 1. The summed E-state index contributed by atoms with van der Waals surface area (Å²) in [7, 11) is 0. The summed E-state index contributed by atoms with van der Waals surface area (Å²) in [6, 6.07) is 0. The first-order valence-corrected chi connectivity index (χ1v) is 5.17. The molecule has 0 atom stereocenters. The standard InChI is InChI=1S/C10H14N4O3/c11-9(17)8-10(14-6-5-12-8)13-4-2-1-3-7(15)16/h5-6H,1-4H2,(H2,11,17)(H,13,14)(H,15,16). The molecule has 0 aliphatic rings. The maximum Gasteiger partial charge on any atom is 0.303 e. The van der Waals surface area contributed by atoms with E-state index in [1.54, 1.807) is 0 Å². The number of rotatable bonds is 7. The fourth-order valence-corrected chi connectivity index (χ4v) is 1.26. The number of hydrogen-bond acceptors (Lipinski definition) is 5. The molecule has 0 fully saturated rings. The monoisotopic (exact) mass is 238 g/mol. The van der Waals surface area contributed by atoms with Gasteiger partial charge < -0.3 is 16.2 Å². The molecule has 0 aliphatic heterocycles. The van der Waals surface area contributed by atoms with Crippen LogP contribution in [0.1, 0.15) is 29.8 Å². The average Bonchev–Trinajstić information content (AvgIpc) is 2.28. The Hall–Kier alpha value is -2.18. The minimum Gasteiger partial charge on any atom is -0.481 e. The van der Waals surface area contributed by atoms with Crippen LogP contribution in [0.15, 0.2) is 12.4 Å². The Labute approximate surface area is 98.1 Å². The van der Waals surface area contributed by atoms with Crippen molar-refractivity contribution in [2.75, 3.05) is 11.9 Å². The Balaban J connectivity index is 2.41. The lowest BCUT2D eigenvalue weighted by Crippen LogP contribution is -2.17. The summed E-state index contributed by atoms with van der Waals surface area (Å²) in [6.45, 7) is 0.520. The topological polar surface area (TPSA) is 118 Å². The van der Waals surface area contributed by atoms with Gasteiger partial charge in [0.05, 0.1) is 0 Å². The van der Waals surface area contributed by atoms with Crippen LogP contribution in [0.25, 0.3) is 0 Å². The zero-order valence-electron chi connectivity index (χ0n) is 9.22. The Morgan fingerprint density at radius 2 is 2.00 bits per heavy atom. The Morgan fingerprint density at radius 1 is 1.29 bits per heavy atom. The highest BCUT2D eigenvalue weighted by Gasteiger charge is 2.09. The van der Waals surface area contributed by atoms with Gasteiger partial charge in [0, 0.05) is 25.4 Å². The molecule has 1 aromatic heterocycles. The lowest BCUT2D eigenvalue weighted by molar-refractivity contribution is -0.137. The molecule has 0 spiro atoms. The Kier molecular flexibility index (Phi) is 4.86. The summed E-state index contributed by atoms with van der Waals surface area (Å²) in [4.78, 5) is 29.0. The summed E-state index contributed by atoms with van der Waals surface area (Å²) < 4.78 is 0. The maximum atomic E-state index is 11.0. The Bertz CT molecular complexity index is 408. The van der Waals surface area contributed by atoms with E-state index < -0.39 is 11.9 Å². The van der Waals surface area contributed by atoms with Crippen LogP contribution in [0.3, 0.4) is 0 Å². The third kappa shape index (κ3) is 4.45. The van der Waals surface area contributed by atoms with Crippen LogP contribution in [0.2, 0.25) is 0 Å². The van der Waals surface area contributed by atoms with Gasteiger partial charge >= 0.3 is 5.97 Å². The first-order valence-electron chi connectivity index (χ1n) is 5.17. The molecule has 0 bridgehead atoms. The van der Waals surface area contributed by atoms with Crippen molar-refractivity contribution in [3.63, 3.8) is 0 Å². The number of carboxylic acid groups (broad SMARTS) is 1. The smallest absolute Gasteiger partial charge is 0.303 e. The molecule has 0 radical (unpaired) electrons. The SMILES string of the molecule is NC(=O)c1nccnc1NCCCCC(=O)O. The van der Waals surface area contributed by atoms with Crippen molar-refractivity contribution >= 4 is 17.7 Å². The highest BCUT2D eigenvalue weighted by molar-refractivity contribution is 5.95. The van der Waals surface area contributed by atoms with Gasteiger partial charge in [-0.1, -0.05) is 0 Å². The number of carboxylic acids is 1. The van der Waals surface area contributed by atoms with Crippen LogP contribution >= 0.6 is 0 Å². The summed E-state index contributed by atoms with van der Waals surface area (Å²) in [5, 5.41) is 11.3. The fraction of sp³-hybridized carbons (Fsp3) is 0.400. The molecule has 92 valence electrons. The molecule has 17 heavy (non-hydrogen) atoms. The van der Waals surface area contributed by atoms with Crippen molar-refractivity contribution in [3.8, 4) is 0 Å². The first kappa shape index (κ1) is 12.9. The van der Waals surface area contributed by atoms with E-state index in [0.29, 0.717) is 25.2 Å². The number of nitrogens with one attached hydrogen (secondary N) is 1. The molecule has 1 aromatic rings. The van der Waals surface area contributed by atoms with Crippen LogP contribution < -0.4 is 11.1 Å². The molecule has 0 aromatic carbocycles. The number of amides is 1. The van der Waals surface area contributed by atoms with E-state index in [1.807, 2.05) is 0 Å². The highest BCUT2D eigenvalue weighted by atomic mass is 16.4. The van der Waals surface area contributed by atoms with Gasteiger partial charge in [-0.05, 0) is 12.8 Å². The molecule has 7 heteroatoms. The lowest BCUT2D eigenvalue weighted by atomic mass is 10.2. The van der Waals surface area contributed by atoms with Gasteiger partial charge in [0.25, 0.3) is 5.91 Å². The van der Waals surface area contributed by atoms with Gasteiger partial charge in [0.2, 0.25) is 0 Å². The number of unbranched alkanes of at least 4 members (excludes halogenated alkanes) is 1. The minimum atomic E-state index is -0.817. The molecule has 0 aliphatic carbocycles. The third-order valence-corrected chi connectivity index (χ3v) is 2.04. The normalized spacial score (nSPS) is 9.88. The van der Waals surface area contributed by atoms with Gasteiger partial charge in [-0.25, -0.2) is 9.97 Å². The van der Waals surface area contributed by atoms with Crippen LogP contribution in [0.5, 0.6) is 0 Å².